The van der Waals surface area contributed by atoms with Crippen LogP contribution < -0.4 is 11.3 Å². The minimum Gasteiger partial charge on any atom is -0.289 e. The van der Waals surface area contributed by atoms with Crippen LogP contribution >= 0.6 is 11.8 Å². The molecule has 0 radical (unpaired) electrons. The Hall–Kier alpha value is -1.07. The molecule has 4 nitrogen and oxygen atoms in total. The highest BCUT2D eigenvalue weighted by Gasteiger charge is 2.06. The van der Waals surface area contributed by atoms with Gasteiger partial charge in [-0.1, -0.05) is 19.9 Å². The molecule has 0 fully saturated rings. The average molecular weight is 239 g/mol. The molecule has 1 aromatic heterocycles. The average Bonchev–Trinajstić information content (AvgIpc) is 2.35. The first-order chi connectivity index (χ1) is 7.67. The van der Waals surface area contributed by atoms with Gasteiger partial charge in [-0.3, -0.25) is 10.2 Å². The van der Waals surface area contributed by atoms with Crippen LogP contribution in [0.4, 0.5) is 0 Å². The van der Waals surface area contributed by atoms with Crippen LogP contribution in [0.15, 0.2) is 18.2 Å². The molecule has 0 spiro atoms. The standard InChI is InChI=1S/C11H17N3OS/c1-3-8(2)16-7-9-5-4-6-10(13-9)11(15)14-12/h4-6,8H,3,7,12H2,1-2H3,(H,14,15). The fourth-order valence-corrected chi connectivity index (χ4v) is 1.96. The normalized spacial score (nSPS) is 12.2. The van der Waals surface area contributed by atoms with Gasteiger partial charge in [0.15, 0.2) is 0 Å². The molecule has 0 saturated carbocycles. The lowest BCUT2D eigenvalue weighted by atomic mass is 10.3. The smallest absolute Gasteiger partial charge is 0.283 e. The molecule has 1 heterocycles. The van der Waals surface area contributed by atoms with Crippen LogP contribution in [-0.4, -0.2) is 16.1 Å². The largest absolute Gasteiger partial charge is 0.289 e. The predicted octanol–water partition coefficient (Wildman–Crippen LogP) is 1.72. The maximum absolute atomic E-state index is 11.3. The van der Waals surface area contributed by atoms with Crippen molar-refractivity contribution in [1.29, 1.82) is 0 Å². The molecule has 0 aromatic carbocycles. The Balaban J connectivity index is 2.64. The molecule has 1 atom stereocenters. The maximum atomic E-state index is 11.3. The topological polar surface area (TPSA) is 68.0 Å². The molecular weight excluding hydrogens is 222 g/mol. The Morgan fingerprint density at radius 1 is 1.62 bits per heavy atom. The zero-order chi connectivity index (χ0) is 12.0. The second-order valence-electron chi connectivity index (χ2n) is 3.52. The lowest BCUT2D eigenvalue weighted by Crippen LogP contribution is -2.30. The molecule has 1 aromatic rings. The number of carbonyl (C=O) groups is 1. The van der Waals surface area contributed by atoms with E-state index in [0.29, 0.717) is 10.9 Å². The van der Waals surface area contributed by atoms with Crippen molar-refractivity contribution in [2.24, 2.45) is 5.84 Å². The Bertz CT molecular complexity index is 357. The number of amides is 1. The fourth-order valence-electron chi connectivity index (χ4n) is 1.11. The van der Waals surface area contributed by atoms with Crippen molar-refractivity contribution in [3.8, 4) is 0 Å². The highest BCUT2D eigenvalue weighted by molar-refractivity contribution is 7.99. The van der Waals surface area contributed by atoms with Crippen molar-refractivity contribution in [3.63, 3.8) is 0 Å². The molecule has 1 unspecified atom stereocenters. The number of hydrogen-bond donors (Lipinski definition) is 2. The van der Waals surface area contributed by atoms with Crippen LogP contribution in [0.2, 0.25) is 0 Å². The van der Waals surface area contributed by atoms with Crippen molar-refractivity contribution < 1.29 is 4.79 Å². The van der Waals surface area contributed by atoms with E-state index in [1.165, 1.54) is 0 Å². The number of thioether (sulfide) groups is 1. The van der Waals surface area contributed by atoms with Gasteiger partial charge < -0.3 is 0 Å². The maximum Gasteiger partial charge on any atom is 0.283 e. The van der Waals surface area contributed by atoms with Crippen LogP contribution in [0.5, 0.6) is 0 Å². The molecule has 3 N–H and O–H groups in total. The molecule has 0 aliphatic carbocycles. The van der Waals surface area contributed by atoms with E-state index in [2.05, 4.69) is 24.3 Å². The van der Waals surface area contributed by atoms with Crippen LogP contribution in [0.1, 0.15) is 36.5 Å². The van der Waals surface area contributed by atoms with Gasteiger partial charge in [0.05, 0.1) is 5.69 Å². The minimum absolute atomic E-state index is 0.351. The van der Waals surface area contributed by atoms with Gasteiger partial charge in [-0.05, 0) is 18.6 Å². The summed E-state index contributed by atoms with van der Waals surface area (Å²) in [6.07, 6.45) is 1.13. The number of nitrogens with two attached hydrogens (primary N) is 1. The van der Waals surface area contributed by atoms with Gasteiger partial charge in [-0.25, -0.2) is 10.8 Å². The molecule has 5 heteroatoms. The van der Waals surface area contributed by atoms with Crippen LogP contribution in [0.3, 0.4) is 0 Å². The summed E-state index contributed by atoms with van der Waals surface area (Å²) in [4.78, 5) is 15.5. The van der Waals surface area contributed by atoms with Crippen LogP contribution in [0.25, 0.3) is 0 Å². The van der Waals surface area contributed by atoms with Gasteiger partial charge in [-0.15, -0.1) is 0 Å². The summed E-state index contributed by atoms with van der Waals surface area (Å²) in [7, 11) is 0. The van der Waals surface area contributed by atoms with Crippen LogP contribution in [0, 0.1) is 0 Å². The number of rotatable bonds is 5. The van der Waals surface area contributed by atoms with E-state index in [0.717, 1.165) is 17.9 Å². The predicted molar refractivity (Wildman–Crippen MR) is 66.9 cm³/mol. The van der Waals surface area contributed by atoms with E-state index in [9.17, 15) is 4.79 Å². The van der Waals surface area contributed by atoms with E-state index >= 15 is 0 Å². The summed E-state index contributed by atoms with van der Waals surface area (Å²) in [5.74, 6) is 5.52. The Morgan fingerprint density at radius 2 is 2.38 bits per heavy atom. The monoisotopic (exact) mass is 239 g/mol. The number of hydrogen-bond acceptors (Lipinski definition) is 4. The molecule has 88 valence electrons. The first-order valence-corrected chi connectivity index (χ1v) is 6.30. The third-order valence-corrected chi connectivity index (χ3v) is 3.63. The van der Waals surface area contributed by atoms with Gasteiger partial charge in [0.2, 0.25) is 0 Å². The number of nitrogens with one attached hydrogen (secondary N) is 1. The fraction of sp³-hybridized carbons (Fsp3) is 0.455. The second kappa shape index (κ2) is 6.50. The first kappa shape index (κ1) is 13.0. The number of pyridine rings is 1. The Labute approximate surface area is 100.0 Å². The summed E-state index contributed by atoms with van der Waals surface area (Å²) in [6.45, 7) is 4.34. The molecule has 0 aliphatic heterocycles. The van der Waals surface area contributed by atoms with Crippen molar-refractivity contribution in [2.75, 3.05) is 0 Å². The van der Waals surface area contributed by atoms with E-state index in [1.54, 1.807) is 6.07 Å². The molecule has 16 heavy (non-hydrogen) atoms. The third-order valence-electron chi connectivity index (χ3n) is 2.26. The molecular formula is C11H17N3OS. The summed E-state index contributed by atoms with van der Waals surface area (Å²) in [6, 6.07) is 5.40. The zero-order valence-corrected chi connectivity index (χ0v) is 10.4. The Kier molecular flexibility index (Phi) is 5.28. The van der Waals surface area contributed by atoms with Gasteiger partial charge in [0, 0.05) is 11.0 Å². The number of aromatic nitrogens is 1. The van der Waals surface area contributed by atoms with Gasteiger partial charge in [0.1, 0.15) is 5.69 Å². The lowest BCUT2D eigenvalue weighted by Gasteiger charge is -2.08. The molecule has 1 rings (SSSR count). The van der Waals surface area contributed by atoms with E-state index in [1.807, 2.05) is 23.9 Å². The summed E-state index contributed by atoms with van der Waals surface area (Å²) in [5, 5.41) is 0.605. The molecule has 1 amide bonds. The van der Waals surface area contributed by atoms with Gasteiger partial charge >= 0.3 is 0 Å². The number of carbonyl (C=O) groups excluding carboxylic acids is 1. The third kappa shape index (κ3) is 3.83. The SMILES string of the molecule is CCC(C)SCc1cccc(C(=O)NN)n1. The Morgan fingerprint density at radius 3 is 3.00 bits per heavy atom. The number of nitrogens with zero attached hydrogens (tertiary/aromatic N) is 1. The van der Waals surface area contributed by atoms with E-state index in [4.69, 9.17) is 5.84 Å². The van der Waals surface area contributed by atoms with Crippen molar-refractivity contribution in [1.82, 2.24) is 10.4 Å². The highest BCUT2D eigenvalue weighted by Crippen LogP contribution is 2.18. The number of nitrogen functional groups attached to an aromatic ring is 1. The first-order valence-electron chi connectivity index (χ1n) is 5.25. The highest BCUT2D eigenvalue weighted by atomic mass is 32.2. The van der Waals surface area contributed by atoms with E-state index in [-0.39, 0.29) is 5.91 Å². The minimum atomic E-state index is -0.351. The molecule has 0 saturated heterocycles. The van der Waals surface area contributed by atoms with E-state index < -0.39 is 0 Å². The summed E-state index contributed by atoms with van der Waals surface area (Å²) >= 11 is 1.83. The van der Waals surface area contributed by atoms with Gasteiger partial charge in [-0.2, -0.15) is 11.8 Å². The van der Waals surface area contributed by atoms with Gasteiger partial charge in [0.25, 0.3) is 5.91 Å². The molecule has 0 aliphatic rings. The second-order valence-corrected chi connectivity index (χ2v) is 4.94. The zero-order valence-electron chi connectivity index (χ0n) is 9.56. The summed E-state index contributed by atoms with van der Waals surface area (Å²) in [5.41, 5.74) is 3.35. The number of hydrazine groups is 1. The van der Waals surface area contributed by atoms with Crippen LogP contribution in [-0.2, 0) is 5.75 Å². The molecule has 0 bridgehead atoms. The lowest BCUT2D eigenvalue weighted by molar-refractivity contribution is 0.0948. The quantitative estimate of drug-likeness (QED) is 0.466. The summed E-state index contributed by atoms with van der Waals surface area (Å²) < 4.78 is 0. The van der Waals surface area contributed by atoms with Crippen molar-refractivity contribution in [3.05, 3.63) is 29.6 Å². The van der Waals surface area contributed by atoms with Crippen molar-refractivity contribution >= 4 is 17.7 Å². The van der Waals surface area contributed by atoms with Crippen molar-refractivity contribution in [2.45, 2.75) is 31.3 Å².